The van der Waals surface area contributed by atoms with Crippen LogP contribution in [0.1, 0.15) is 31.4 Å². The standard InChI is InChI=1S/C17H26N4O3.ClH/c18-7-2-8-21-15-6-9-20(12-13(15)4-5-16(21)22)17(23)19-11-14-3-1-10-24-14;/h1,3,10,13,15H,2,4-9,11-12,18H2,(H,19,23);1H/t13-,15+;/m0./s1. The van der Waals surface area contributed by atoms with Gasteiger partial charge in [-0.1, -0.05) is 0 Å². The average molecular weight is 371 g/mol. The van der Waals surface area contributed by atoms with E-state index < -0.39 is 0 Å². The van der Waals surface area contributed by atoms with E-state index in [0.29, 0.717) is 38.5 Å². The molecule has 0 saturated carbocycles. The van der Waals surface area contributed by atoms with E-state index >= 15 is 0 Å². The molecule has 8 heteroatoms. The van der Waals surface area contributed by atoms with Crippen LogP contribution in [0.3, 0.4) is 0 Å². The topological polar surface area (TPSA) is 91.8 Å². The molecular formula is C17H27ClN4O3. The third kappa shape index (κ3) is 4.67. The summed E-state index contributed by atoms with van der Waals surface area (Å²) < 4.78 is 5.23. The highest BCUT2D eigenvalue weighted by Crippen LogP contribution is 2.31. The molecule has 3 N–H and O–H groups in total. The van der Waals surface area contributed by atoms with Crippen molar-refractivity contribution in [3.8, 4) is 0 Å². The van der Waals surface area contributed by atoms with E-state index in [1.807, 2.05) is 21.9 Å². The first-order chi connectivity index (χ1) is 11.7. The van der Waals surface area contributed by atoms with Gasteiger partial charge in [0.15, 0.2) is 0 Å². The Balaban J connectivity index is 0.00000225. The molecule has 0 spiro atoms. The number of carbonyl (C=O) groups is 2. The Kier molecular flexibility index (Phi) is 7.13. The second-order valence-corrected chi connectivity index (χ2v) is 6.57. The number of hydrogen-bond donors (Lipinski definition) is 2. The number of likely N-dealkylation sites (tertiary alicyclic amines) is 2. The molecule has 3 heterocycles. The molecule has 1 aromatic heterocycles. The van der Waals surface area contributed by atoms with Gasteiger partial charge in [0.1, 0.15) is 5.76 Å². The monoisotopic (exact) mass is 370 g/mol. The Morgan fingerprint density at radius 2 is 2.24 bits per heavy atom. The van der Waals surface area contributed by atoms with Crippen LogP contribution in [0.4, 0.5) is 4.79 Å². The number of fused-ring (bicyclic) bond motifs is 1. The molecule has 0 unspecified atom stereocenters. The minimum Gasteiger partial charge on any atom is -0.467 e. The van der Waals surface area contributed by atoms with E-state index in [1.54, 1.807) is 6.26 Å². The summed E-state index contributed by atoms with van der Waals surface area (Å²) in [5.74, 6) is 1.35. The van der Waals surface area contributed by atoms with Gasteiger partial charge in [-0.3, -0.25) is 4.79 Å². The van der Waals surface area contributed by atoms with Crippen LogP contribution in [0, 0.1) is 5.92 Å². The maximum atomic E-state index is 12.4. The largest absolute Gasteiger partial charge is 0.467 e. The number of piperidine rings is 2. The molecule has 2 aliphatic heterocycles. The molecule has 0 radical (unpaired) electrons. The lowest BCUT2D eigenvalue weighted by atomic mass is 9.83. The van der Waals surface area contributed by atoms with Crippen molar-refractivity contribution in [1.29, 1.82) is 0 Å². The number of hydrogen-bond acceptors (Lipinski definition) is 4. The van der Waals surface area contributed by atoms with Crippen molar-refractivity contribution < 1.29 is 14.0 Å². The Labute approximate surface area is 154 Å². The van der Waals surface area contributed by atoms with E-state index in [9.17, 15) is 9.59 Å². The molecule has 25 heavy (non-hydrogen) atoms. The predicted octanol–water partition coefficient (Wildman–Crippen LogP) is 1.57. The Morgan fingerprint density at radius 1 is 1.40 bits per heavy atom. The number of nitrogens with one attached hydrogen (secondary N) is 1. The summed E-state index contributed by atoms with van der Waals surface area (Å²) in [7, 11) is 0. The highest BCUT2D eigenvalue weighted by Gasteiger charge is 2.39. The second-order valence-electron chi connectivity index (χ2n) is 6.57. The summed E-state index contributed by atoms with van der Waals surface area (Å²) in [5, 5.41) is 2.90. The molecule has 0 aromatic carbocycles. The fourth-order valence-electron chi connectivity index (χ4n) is 3.78. The van der Waals surface area contributed by atoms with Crippen molar-refractivity contribution >= 4 is 24.3 Å². The number of rotatable bonds is 5. The van der Waals surface area contributed by atoms with Gasteiger partial charge in [-0.05, 0) is 43.9 Å². The Bertz CT molecular complexity index is 566. The molecule has 2 aliphatic rings. The van der Waals surface area contributed by atoms with Crippen molar-refractivity contribution in [1.82, 2.24) is 15.1 Å². The van der Waals surface area contributed by atoms with Crippen LogP contribution < -0.4 is 11.1 Å². The number of carbonyl (C=O) groups excluding carboxylic acids is 2. The van der Waals surface area contributed by atoms with Gasteiger partial charge in [0, 0.05) is 32.1 Å². The quantitative estimate of drug-likeness (QED) is 0.823. The van der Waals surface area contributed by atoms with Crippen molar-refractivity contribution in [3.63, 3.8) is 0 Å². The number of furan rings is 1. The number of halogens is 1. The van der Waals surface area contributed by atoms with Crippen molar-refractivity contribution in [2.24, 2.45) is 11.7 Å². The fraction of sp³-hybridized carbons (Fsp3) is 0.647. The van der Waals surface area contributed by atoms with Gasteiger partial charge >= 0.3 is 6.03 Å². The summed E-state index contributed by atoms with van der Waals surface area (Å²) in [6, 6.07) is 3.85. The molecule has 0 aliphatic carbocycles. The molecule has 3 amide bonds. The Hall–Kier alpha value is -1.73. The maximum absolute atomic E-state index is 12.4. The third-order valence-corrected chi connectivity index (χ3v) is 5.03. The number of nitrogens with zero attached hydrogens (tertiary/aromatic N) is 2. The van der Waals surface area contributed by atoms with Gasteiger partial charge in [-0.15, -0.1) is 12.4 Å². The van der Waals surface area contributed by atoms with E-state index in [0.717, 1.165) is 31.6 Å². The highest BCUT2D eigenvalue weighted by molar-refractivity contribution is 5.85. The molecular weight excluding hydrogens is 344 g/mol. The smallest absolute Gasteiger partial charge is 0.317 e. The first-order valence-corrected chi connectivity index (χ1v) is 8.73. The number of nitrogens with two attached hydrogens (primary N) is 1. The van der Waals surface area contributed by atoms with Gasteiger partial charge in [-0.25, -0.2) is 4.79 Å². The molecule has 1 aromatic rings. The van der Waals surface area contributed by atoms with Crippen LogP contribution in [0.25, 0.3) is 0 Å². The molecule has 140 valence electrons. The highest BCUT2D eigenvalue weighted by atomic mass is 35.5. The van der Waals surface area contributed by atoms with E-state index in [2.05, 4.69) is 5.32 Å². The molecule has 7 nitrogen and oxygen atoms in total. The van der Waals surface area contributed by atoms with Gasteiger partial charge in [0.2, 0.25) is 5.91 Å². The van der Waals surface area contributed by atoms with Crippen LogP contribution in [-0.4, -0.2) is 54.0 Å². The van der Waals surface area contributed by atoms with Gasteiger partial charge in [0.25, 0.3) is 0 Å². The van der Waals surface area contributed by atoms with Crippen molar-refractivity contribution in [3.05, 3.63) is 24.2 Å². The first-order valence-electron chi connectivity index (χ1n) is 8.73. The summed E-state index contributed by atoms with van der Waals surface area (Å²) >= 11 is 0. The zero-order valence-corrected chi connectivity index (χ0v) is 15.2. The molecule has 3 rings (SSSR count). The fourth-order valence-corrected chi connectivity index (χ4v) is 3.78. The lowest BCUT2D eigenvalue weighted by molar-refractivity contribution is -0.140. The van der Waals surface area contributed by atoms with Gasteiger partial charge in [0.05, 0.1) is 12.8 Å². The lowest BCUT2D eigenvalue weighted by Crippen LogP contribution is -2.58. The van der Waals surface area contributed by atoms with Gasteiger partial charge < -0.3 is 25.3 Å². The minimum atomic E-state index is -0.0599. The maximum Gasteiger partial charge on any atom is 0.317 e. The normalized spacial score (nSPS) is 23.0. The summed E-state index contributed by atoms with van der Waals surface area (Å²) in [5.41, 5.74) is 5.59. The summed E-state index contributed by atoms with van der Waals surface area (Å²) in [6.07, 6.45) is 4.72. The second kappa shape index (κ2) is 9.10. The molecule has 2 saturated heterocycles. The van der Waals surface area contributed by atoms with E-state index in [4.69, 9.17) is 10.2 Å². The van der Waals surface area contributed by atoms with E-state index in [-0.39, 0.29) is 30.4 Å². The Morgan fingerprint density at radius 3 is 2.96 bits per heavy atom. The zero-order valence-electron chi connectivity index (χ0n) is 14.4. The zero-order chi connectivity index (χ0) is 16.9. The SMILES string of the molecule is Cl.NCCCN1C(=O)CC[C@H]2CN(C(=O)NCc3ccco3)CC[C@H]21. The summed E-state index contributed by atoms with van der Waals surface area (Å²) in [4.78, 5) is 28.4. The van der Waals surface area contributed by atoms with Crippen LogP contribution in [0.2, 0.25) is 0 Å². The van der Waals surface area contributed by atoms with E-state index in [1.165, 1.54) is 0 Å². The van der Waals surface area contributed by atoms with Crippen LogP contribution in [0.5, 0.6) is 0 Å². The molecule has 0 bridgehead atoms. The van der Waals surface area contributed by atoms with Gasteiger partial charge in [-0.2, -0.15) is 0 Å². The number of urea groups is 1. The first kappa shape index (κ1) is 19.6. The third-order valence-electron chi connectivity index (χ3n) is 5.03. The average Bonchev–Trinajstić information content (AvgIpc) is 3.12. The van der Waals surface area contributed by atoms with Crippen LogP contribution >= 0.6 is 12.4 Å². The predicted molar refractivity (Wildman–Crippen MR) is 96.3 cm³/mol. The van der Waals surface area contributed by atoms with Crippen molar-refractivity contribution in [2.45, 2.75) is 38.3 Å². The lowest BCUT2D eigenvalue weighted by Gasteiger charge is -2.47. The van der Waals surface area contributed by atoms with Crippen molar-refractivity contribution in [2.75, 3.05) is 26.2 Å². The summed E-state index contributed by atoms with van der Waals surface area (Å²) in [6.45, 7) is 3.12. The minimum absolute atomic E-state index is 0. The number of amides is 3. The molecule has 2 fully saturated rings. The molecule has 2 atom stereocenters. The van der Waals surface area contributed by atoms with Crippen LogP contribution in [0.15, 0.2) is 22.8 Å². The van der Waals surface area contributed by atoms with Crippen LogP contribution in [-0.2, 0) is 11.3 Å².